The number of nitrogen functional groups attached to an aromatic ring is 1. The Labute approximate surface area is 124 Å². The molecule has 0 aromatic heterocycles. The van der Waals surface area contributed by atoms with Crippen molar-refractivity contribution in [1.29, 1.82) is 0 Å². The van der Waals surface area contributed by atoms with Gasteiger partial charge in [-0.15, -0.1) is 0 Å². The first kappa shape index (κ1) is 12.6. The van der Waals surface area contributed by atoms with Crippen LogP contribution in [0.2, 0.25) is 5.02 Å². The maximum absolute atomic E-state index is 5.99. The Balaban J connectivity index is 2.15. The highest BCUT2D eigenvalue weighted by atomic mass is 79.9. The molecule has 1 atom stereocenters. The summed E-state index contributed by atoms with van der Waals surface area (Å²) in [4.78, 5) is 9.24. The van der Waals surface area contributed by atoms with Crippen LogP contribution in [0.1, 0.15) is 17.3 Å². The van der Waals surface area contributed by atoms with Crippen LogP contribution in [0.3, 0.4) is 0 Å². The number of rotatable bonds is 1. The molecule has 0 spiro atoms. The minimum atomic E-state index is -0.218. The van der Waals surface area contributed by atoms with Crippen molar-refractivity contribution in [3.05, 3.63) is 61.7 Å². The lowest BCUT2D eigenvalue weighted by Gasteiger charge is -2.03. The summed E-state index contributed by atoms with van der Waals surface area (Å²) < 4.78 is 0.822. The van der Waals surface area contributed by atoms with Gasteiger partial charge in [-0.2, -0.15) is 0 Å². The largest absolute Gasteiger partial charge is 0.398 e. The van der Waals surface area contributed by atoms with Gasteiger partial charge in [0.05, 0.1) is 15.5 Å². The Hall–Kier alpha value is -1.39. The lowest BCUT2D eigenvalue weighted by atomic mass is 10.2. The minimum absolute atomic E-state index is 0.218. The molecule has 5 heteroatoms. The average Bonchev–Trinajstić information content (AvgIpc) is 2.81. The number of halogens is 2. The van der Waals surface area contributed by atoms with Crippen molar-refractivity contribution in [1.82, 2.24) is 0 Å². The molecule has 1 aliphatic rings. The molecule has 1 heterocycles. The van der Waals surface area contributed by atoms with Crippen molar-refractivity contribution in [3.63, 3.8) is 0 Å². The van der Waals surface area contributed by atoms with Crippen LogP contribution in [0.25, 0.3) is 0 Å². The van der Waals surface area contributed by atoms with Crippen LogP contribution < -0.4 is 16.4 Å². The van der Waals surface area contributed by atoms with E-state index in [1.54, 1.807) is 0 Å². The molecule has 0 saturated carbocycles. The first-order valence-electron chi connectivity index (χ1n) is 5.82. The first-order valence-corrected chi connectivity index (χ1v) is 6.99. The van der Waals surface area contributed by atoms with E-state index in [1.165, 1.54) is 0 Å². The van der Waals surface area contributed by atoms with E-state index in [0.717, 1.165) is 32.0 Å². The highest BCUT2D eigenvalue weighted by Crippen LogP contribution is 2.24. The summed E-state index contributed by atoms with van der Waals surface area (Å²) in [5, 5.41) is 2.40. The van der Waals surface area contributed by atoms with E-state index >= 15 is 0 Å². The highest BCUT2D eigenvalue weighted by molar-refractivity contribution is 9.10. The molecule has 0 saturated heterocycles. The van der Waals surface area contributed by atoms with Crippen LogP contribution in [-0.4, -0.2) is 0 Å². The molecule has 2 aromatic carbocycles. The third kappa shape index (κ3) is 2.15. The van der Waals surface area contributed by atoms with Gasteiger partial charge >= 0.3 is 0 Å². The Morgan fingerprint density at radius 3 is 2.58 bits per heavy atom. The minimum Gasteiger partial charge on any atom is -0.398 e. The molecule has 0 fully saturated rings. The van der Waals surface area contributed by atoms with E-state index < -0.39 is 0 Å². The van der Waals surface area contributed by atoms with Gasteiger partial charge in [-0.05, 0) is 52.2 Å². The normalized spacial score (nSPS) is 16.7. The Kier molecular flexibility index (Phi) is 3.07. The van der Waals surface area contributed by atoms with Crippen molar-refractivity contribution >= 4 is 33.2 Å². The number of benzene rings is 2. The molecule has 0 unspecified atom stereocenters. The first-order chi connectivity index (χ1) is 9.06. The van der Waals surface area contributed by atoms with Crippen molar-refractivity contribution in [2.45, 2.75) is 13.1 Å². The SMILES string of the molecule is Cc1cc2c(c(Br)c1N)=N[C@H](c1ccc(Cl)cc1)N=2. The fourth-order valence-corrected chi connectivity index (χ4v) is 2.80. The summed E-state index contributed by atoms with van der Waals surface area (Å²) in [5.74, 6) is 0. The average molecular weight is 337 g/mol. The summed E-state index contributed by atoms with van der Waals surface area (Å²) in [6, 6.07) is 9.54. The van der Waals surface area contributed by atoms with Gasteiger partial charge < -0.3 is 5.73 Å². The summed E-state index contributed by atoms with van der Waals surface area (Å²) in [6.07, 6.45) is -0.218. The Morgan fingerprint density at radius 1 is 1.21 bits per heavy atom. The molecule has 19 heavy (non-hydrogen) atoms. The molecule has 2 aromatic rings. The number of nitrogens with zero attached hydrogens (tertiary/aromatic N) is 2. The van der Waals surface area contributed by atoms with Crippen LogP contribution in [-0.2, 0) is 0 Å². The quantitative estimate of drug-likeness (QED) is 0.800. The molecule has 2 N–H and O–H groups in total. The predicted octanol–water partition coefficient (Wildman–Crippen LogP) is 2.94. The van der Waals surface area contributed by atoms with Crippen LogP contribution >= 0.6 is 27.5 Å². The van der Waals surface area contributed by atoms with Gasteiger partial charge in [0.25, 0.3) is 0 Å². The van der Waals surface area contributed by atoms with Crippen molar-refractivity contribution in [2.24, 2.45) is 9.98 Å². The molecular weight excluding hydrogens is 326 g/mol. The van der Waals surface area contributed by atoms with Crippen molar-refractivity contribution in [2.75, 3.05) is 5.73 Å². The van der Waals surface area contributed by atoms with Crippen LogP contribution in [0, 0.1) is 6.92 Å². The summed E-state index contributed by atoms with van der Waals surface area (Å²) >= 11 is 9.38. The van der Waals surface area contributed by atoms with E-state index in [2.05, 4.69) is 25.9 Å². The maximum atomic E-state index is 5.99. The van der Waals surface area contributed by atoms with Crippen LogP contribution in [0.5, 0.6) is 0 Å². The molecular formula is C14H11BrClN3. The smallest absolute Gasteiger partial charge is 0.166 e. The van der Waals surface area contributed by atoms with E-state index in [-0.39, 0.29) is 6.17 Å². The van der Waals surface area contributed by atoms with Crippen LogP contribution in [0.4, 0.5) is 5.69 Å². The van der Waals surface area contributed by atoms with Gasteiger partial charge in [0.2, 0.25) is 0 Å². The molecule has 3 rings (SSSR count). The lowest BCUT2D eigenvalue weighted by Crippen LogP contribution is -2.24. The Bertz CT molecular complexity index is 769. The third-order valence-electron chi connectivity index (χ3n) is 3.15. The van der Waals surface area contributed by atoms with Crippen molar-refractivity contribution < 1.29 is 0 Å². The van der Waals surface area contributed by atoms with E-state index in [1.807, 2.05) is 37.3 Å². The summed E-state index contributed by atoms with van der Waals surface area (Å²) in [7, 11) is 0. The van der Waals surface area contributed by atoms with E-state index in [9.17, 15) is 0 Å². The predicted molar refractivity (Wildman–Crippen MR) is 79.8 cm³/mol. The highest BCUT2D eigenvalue weighted by Gasteiger charge is 2.16. The van der Waals surface area contributed by atoms with Gasteiger partial charge in [0.15, 0.2) is 6.17 Å². The fraction of sp³-hybridized carbons (Fsp3) is 0.143. The van der Waals surface area contributed by atoms with Crippen LogP contribution in [0.15, 0.2) is 44.8 Å². The topological polar surface area (TPSA) is 50.7 Å². The number of hydrogen-bond donors (Lipinski definition) is 1. The van der Waals surface area contributed by atoms with Gasteiger partial charge in [0, 0.05) is 5.02 Å². The molecule has 0 radical (unpaired) electrons. The lowest BCUT2D eigenvalue weighted by molar-refractivity contribution is 0.771. The molecule has 0 aliphatic carbocycles. The number of aryl methyl sites for hydroxylation is 1. The number of hydrogen-bond acceptors (Lipinski definition) is 3. The zero-order valence-corrected chi connectivity index (χ0v) is 12.5. The number of fused-ring (bicyclic) bond motifs is 1. The molecule has 96 valence electrons. The second-order valence-electron chi connectivity index (χ2n) is 4.47. The van der Waals surface area contributed by atoms with Gasteiger partial charge in [-0.3, -0.25) is 9.98 Å². The molecule has 0 amide bonds. The second-order valence-corrected chi connectivity index (χ2v) is 5.70. The zero-order valence-electron chi connectivity index (χ0n) is 10.2. The van der Waals surface area contributed by atoms with Gasteiger partial charge in [-0.1, -0.05) is 23.7 Å². The summed E-state index contributed by atoms with van der Waals surface area (Å²) in [5.41, 5.74) is 8.73. The fourth-order valence-electron chi connectivity index (χ4n) is 2.05. The third-order valence-corrected chi connectivity index (χ3v) is 4.20. The number of anilines is 1. The zero-order chi connectivity index (χ0) is 13.6. The molecule has 1 aliphatic heterocycles. The molecule has 3 nitrogen and oxygen atoms in total. The monoisotopic (exact) mass is 335 g/mol. The second kappa shape index (κ2) is 4.62. The maximum Gasteiger partial charge on any atom is 0.166 e. The van der Waals surface area contributed by atoms with E-state index in [4.69, 9.17) is 17.3 Å². The van der Waals surface area contributed by atoms with Gasteiger partial charge in [-0.25, -0.2) is 0 Å². The van der Waals surface area contributed by atoms with Crippen molar-refractivity contribution in [3.8, 4) is 0 Å². The summed E-state index contributed by atoms with van der Waals surface area (Å²) in [6.45, 7) is 1.96. The standard InChI is InChI=1S/C14H11BrClN3/c1-7-6-10-13(11(15)12(7)17)19-14(18-10)8-2-4-9(16)5-3-8/h2-6,14H,17H2,1H3/t14-/m1/s1. The Morgan fingerprint density at radius 2 is 1.89 bits per heavy atom. The molecule has 0 bridgehead atoms. The van der Waals surface area contributed by atoms with E-state index in [0.29, 0.717) is 5.02 Å². The number of nitrogens with two attached hydrogens (primary N) is 1. The van der Waals surface area contributed by atoms with Gasteiger partial charge in [0.1, 0.15) is 5.36 Å².